The van der Waals surface area contributed by atoms with Gasteiger partial charge in [-0.2, -0.15) is 0 Å². The van der Waals surface area contributed by atoms with E-state index in [0.717, 1.165) is 0 Å². The van der Waals surface area contributed by atoms with E-state index in [-0.39, 0.29) is 0 Å². The Kier molecular flexibility index (Phi) is 6.97. The summed E-state index contributed by atoms with van der Waals surface area (Å²) in [5.41, 5.74) is 1.37. The summed E-state index contributed by atoms with van der Waals surface area (Å²) in [7, 11) is 0. The molecule has 0 N–H and O–H groups in total. The minimum atomic E-state index is 1.18. The molecule has 0 saturated heterocycles. The standard InChI is InChI=1S/C9H12S.C2H6/c1-3-8-6-5-7-10-9(8)4-2;1-2/h3-4H,1-2,5-7H2;1-2H3. The Morgan fingerprint density at radius 2 is 1.92 bits per heavy atom. The molecule has 0 atom stereocenters. The first-order valence-electron chi connectivity index (χ1n) is 4.49. The minimum Gasteiger partial charge on any atom is -0.126 e. The number of allylic oxidation sites excluding steroid dienone is 3. The van der Waals surface area contributed by atoms with Crippen LogP contribution < -0.4 is 0 Å². The third-order valence-corrected chi connectivity index (χ3v) is 2.83. The van der Waals surface area contributed by atoms with E-state index in [0.29, 0.717) is 0 Å². The van der Waals surface area contributed by atoms with E-state index in [4.69, 9.17) is 0 Å². The van der Waals surface area contributed by atoms with E-state index in [9.17, 15) is 0 Å². The van der Waals surface area contributed by atoms with E-state index in [1.165, 1.54) is 29.1 Å². The number of hydrogen-bond acceptors (Lipinski definition) is 1. The van der Waals surface area contributed by atoms with Gasteiger partial charge < -0.3 is 0 Å². The molecule has 12 heavy (non-hydrogen) atoms. The highest BCUT2D eigenvalue weighted by atomic mass is 32.2. The van der Waals surface area contributed by atoms with E-state index >= 15 is 0 Å². The van der Waals surface area contributed by atoms with E-state index in [2.05, 4.69) is 13.2 Å². The molecule has 0 amide bonds. The van der Waals surface area contributed by atoms with Crippen molar-refractivity contribution in [1.29, 1.82) is 0 Å². The first-order chi connectivity index (χ1) is 5.88. The van der Waals surface area contributed by atoms with Crippen LogP contribution in [0.15, 0.2) is 35.8 Å². The van der Waals surface area contributed by atoms with Gasteiger partial charge in [0.25, 0.3) is 0 Å². The van der Waals surface area contributed by atoms with Crippen LogP contribution in [0.3, 0.4) is 0 Å². The first-order valence-corrected chi connectivity index (χ1v) is 5.48. The molecule has 0 aliphatic carbocycles. The second-order valence-corrected chi connectivity index (χ2v) is 3.39. The molecule has 1 heterocycles. The van der Waals surface area contributed by atoms with Crippen LogP contribution >= 0.6 is 11.8 Å². The third-order valence-electron chi connectivity index (χ3n) is 1.60. The predicted octanol–water partition coefficient (Wildman–Crippen LogP) is 4.17. The lowest BCUT2D eigenvalue weighted by Gasteiger charge is -2.13. The molecule has 0 fully saturated rings. The summed E-state index contributed by atoms with van der Waals surface area (Å²) in [5, 5.41) is 0. The molecular formula is C11H18S. The molecule has 1 aliphatic heterocycles. The van der Waals surface area contributed by atoms with Crippen LogP contribution in [0.1, 0.15) is 26.7 Å². The van der Waals surface area contributed by atoms with Gasteiger partial charge in [-0.1, -0.05) is 39.2 Å². The zero-order valence-electron chi connectivity index (χ0n) is 8.10. The molecule has 0 aromatic rings. The summed E-state index contributed by atoms with van der Waals surface area (Å²) in [4.78, 5) is 1.32. The Morgan fingerprint density at radius 1 is 1.25 bits per heavy atom. The van der Waals surface area contributed by atoms with Crippen LogP contribution in [-0.2, 0) is 0 Å². The van der Waals surface area contributed by atoms with Gasteiger partial charge in [-0.05, 0) is 24.2 Å². The molecule has 0 spiro atoms. The largest absolute Gasteiger partial charge is 0.126 e. The Balaban J connectivity index is 0.000000561. The maximum Gasteiger partial charge on any atom is 0.00979 e. The van der Waals surface area contributed by atoms with Gasteiger partial charge in [0.05, 0.1) is 0 Å². The Hall–Kier alpha value is -0.430. The Labute approximate surface area is 80.4 Å². The lowest BCUT2D eigenvalue weighted by molar-refractivity contribution is 0.926. The van der Waals surface area contributed by atoms with Crippen molar-refractivity contribution in [3.05, 3.63) is 35.8 Å². The van der Waals surface area contributed by atoms with Gasteiger partial charge in [-0.25, -0.2) is 0 Å². The SMILES string of the molecule is C=CC1=C(C=C)SCCC1.CC. The van der Waals surface area contributed by atoms with Crippen molar-refractivity contribution in [2.75, 3.05) is 5.75 Å². The van der Waals surface area contributed by atoms with E-state index in [1.54, 1.807) is 0 Å². The molecule has 0 unspecified atom stereocenters. The van der Waals surface area contributed by atoms with Gasteiger partial charge in [-0.3, -0.25) is 0 Å². The summed E-state index contributed by atoms with van der Waals surface area (Å²) in [6.07, 6.45) is 6.34. The fourth-order valence-electron chi connectivity index (χ4n) is 1.05. The van der Waals surface area contributed by atoms with Crippen molar-refractivity contribution in [1.82, 2.24) is 0 Å². The Bertz CT molecular complexity index is 157. The van der Waals surface area contributed by atoms with E-state index < -0.39 is 0 Å². The lowest BCUT2D eigenvalue weighted by atomic mass is 10.1. The molecule has 0 nitrogen and oxygen atoms in total. The fraction of sp³-hybridized carbons (Fsp3) is 0.455. The van der Waals surface area contributed by atoms with Crippen LogP contribution in [-0.4, -0.2) is 5.75 Å². The second kappa shape index (κ2) is 7.23. The van der Waals surface area contributed by atoms with Crippen molar-refractivity contribution < 1.29 is 0 Å². The highest BCUT2D eigenvalue weighted by Gasteiger charge is 2.06. The summed E-state index contributed by atoms with van der Waals surface area (Å²) in [5.74, 6) is 1.23. The number of thioether (sulfide) groups is 1. The van der Waals surface area contributed by atoms with Crippen molar-refractivity contribution in [2.45, 2.75) is 26.7 Å². The van der Waals surface area contributed by atoms with Gasteiger partial charge in [0.1, 0.15) is 0 Å². The van der Waals surface area contributed by atoms with Crippen LogP contribution in [0.25, 0.3) is 0 Å². The van der Waals surface area contributed by atoms with Crippen molar-refractivity contribution in [3.63, 3.8) is 0 Å². The van der Waals surface area contributed by atoms with Gasteiger partial charge >= 0.3 is 0 Å². The smallest absolute Gasteiger partial charge is 0.00979 e. The highest BCUT2D eigenvalue weighted by Crippen LogP contribution is 2.30. The molecule has 0 saturated carbocycles. The second-order valence-electron chi connectivity index (χ2n) is 2.25. The normalized spacial score (nSPS) is 16.2. The van der Waals surface area contributed by atoms with Crippen LogP contribution in [0.2, 0.25) is 0 Å². The van der Waals surface area contributed by atoms with Crippen molar-refractivity contribution in [2.24, 2.45) is 0 Å². The molecular weight excluding hydrogens is 164 g/mol. The topological polar surface area (TPSA) is 0 Å². The first kappa shape index (κ1) is 11.6. The lowest BCUT2D eigenvalue weighted by Crippen LogP contribution is -1.93. The van der Waals surface area contributed by atoms with Gasteiger partial charge in [0.2, 0.25) is 0 Å². The minimum absolute atomic E-state index is 1.18. The monoisotopic (exact) mass is 182 g/mol. The maximum absolute atomic E-state index is 3.76. The number of rotatable bonds is 2. The molecule has 0 bridgehead atoms. The molecule has 68 valence electrons. The summed E-state index contributed by atoms with van der Waals surface area (Å²) < 4.78 is 0. The molecule has 0 aromatic carbocycles. The molecule has 0 radical (unpaired) electrons. The van der Waals surface area contributed by atoms with Gasteiger partial charge in [0, 0.05) is 4.91 Å². The molecule has 1 aliphatic rings. The fourth-order valence-corrected chi connectivity index (χ4v) is 2.05. The quantitative estimate of drug-likeness (QED) is 0.617. The van der Waals surface area contributed by atoms with Crippen LogP contribution in [0, 0.1) is 0 Å². The Morgan fingerprint density at radius 3 is 2.33 bits per heavy atom. The van der Waals surface area contributed by atoms with Gasteiger partial charge in [-0.15, -0.1) is 11.8 Å². The maximum atomic E-state index is 3.76. The molecule has 0 aromatic heterocycles. The number of hydrogen-bond donors (Lipinski definition) is 0. The zero-order chi connectivity index (χ0) is 9.40. The average molecular weight is 182 g/mol. The van der Waals surface area contributed by atoms with E-state index in [1.807, 2.05) is 37.8 Å². The van der Waals surface area contributed by atoms with Crippen molar-refractivity contribution in [3.8, 4) is 0 Å². The predicted molar refractivity (Wildman–Crippen MR) is 60.5 cm³/mol. The average Bonchev–Trinajstić information content (AvgIpc) is 2.20. The molecule has 1 heteroatoms. The third kappa shape index (κ3) is 3.31. The summed E-state index contributed by atoms with van der Waals surface area (Å²) in [6.45, 7) is 11.5. The van der Waals surface area contributed by atoms with Crippen LogP contribution in [0.5, 0.6) is 0 Å². The summed E-state index contributed by atoms with van der Waals surface area (Å²) >= 11 is 1.89. The van der Waals surface area contributed by atoms with Gasteiger partial charge in [0.15, 0.2) is 0 Å². The van der Waals surface area contributed by atoms with Crippen molar-refractivity contribution >= 4 is 11.8 Å². The zero-order valence-corrected chi connectivity index (χ0v) is 8.91. The highest BCUT2D eigenvalue weighted by molar-refractivity contribution is 8.03. The summed E-state index contributed by atoms with van der Waals surface area (Å²) in [6, 6.07) is 0. The molecule has 1 rings (SSSR count). The van der Waals surface area contributed by atoms with Crippen LogP contribution in [0.4, 0.5) is 0 Å².